The molecule has 0 bridgehead atoms. The number of alkyl halides is 2. The van der Waals surface area contributed by atoms with Crippen LogP contribution in [0.25, 0.3) is 16.9 Å². The van der Waals surface area contributed by atoms with Gasteiger partial charge in [-0.2, -0.15) is 5.10 Å². The lowest BCUT2D eigenvalue weighted by Crippen LogP contribution is -2.14. The number of benzene rings is 2. The normalized spacial score (nSPS) is 11.9. The second kappa shape index (κ2) is 6.58. The summed E-state index contributed by atoms with van der Waals surface area (Å²) in [6.45, 7) is 1.87. The maximum atomic E-state index is 14.1. The van der Waals surface area contributed by atoms with Gasteiger partial charge in [0.15, 0.2) is 0 Å². The van der Waals surface area contributed by atoms with Crippen molar-refractivity contribution in [2.75, 3.05) is 0 Å². The van der Waals surface area contributed by atoms with Crippen LogP contribution in [-0.4, -0.2) is 18.2 Å². The highest BCUT2D eigenvalue weighted by atomic mass is 32.2. The summed E-state index contributed by atoms with van der Waals surface area (Å²) in [5.41, 5.74) is 1.39. The van der Waals surface area contributed by atoms with Gasteiger partial charge in [-0.05, 0) is 37.3 Å². The Morgan fingerprint density at radius 1 is 1.08 bits per heavy atom. The molecule has 26 heavy (non-hydrogen) atoms. The Balaban J connectivity index is 2.18. The van der Waals surface area contributed by atoms with Gasteiger partial charge in [-0.3, -0.25) is 0 Å². The molecule has 0 saturated carbocycles. The average molecular weight is 381 g/mol. The average Bonchev–Trinajstić information content (AvgIpc) is 3.00. The van der Waals surface area contributed by atoms with Gasteiger partial charge >= 0.3 is 0 Å². The minimum atomic E-state index is -4.23. The van der Waals surface area contributed by atoms with Gasteiger partial charge in [-0.1, -0.05) is 23.8 Å². The van der Waals surface area contributed by atoms with E-state index in [0.717, 1.165) is 23.8 Å². The maximum absolute atomic E-state index is 14.1. The summed E-state index contributed by atoms with van der Waals surface area (Å²) in [6.07, 6.45) is -2.81. The second-order valence-corrected chi connectivity index (χ2v) is 7.22. The zero-order valence-electron chi connectivity index (χ0n) is 13.5. The van der Waals surface area contributed by atoms with Crippen molar-refractivity contribution in [3.05, 3.63) is 65.6 Å². The molecule has 0 atom stereocenters. The Morgan fingerprint density at radius 3 is 2.27 bits per heavy atom. The zero-order valence-corrected chi connectivity index (χ0v) is 14.3. The van der Waals surface area contributed by atoms with Crippen LogP contribution in [0.3, 0.4) is 0 Å². The third-order valence-electron chi connectivity index (χ3n) is 3.76. The summed E-state index contributed by atoms with van der Waals surface area (Å²) in [6, 6.07) is 11.3. The highest BCUT2D eigenvalue weighted by Crippen LogP contribution is 2.30. The first kappa shape index (κ1) is 18.2. The number of aromatic nitrogens is 2. The predicted octanol–water partition coefficient (Wildman–Crippen LogP) is 3.57. The van der Waals surface area contributed by atoms with Crippen molar-refractivity contribution in [3.8, 4) is 16.9 Å². The first-order valence-corrected chi connectivity index (χ1v) is 8.99. The molecule has 2 aromatic carbocycles. The van der Waals surface area contributed by atoms with Gasteiger partial charge in [0.05, 0.1) is 11.4 Å². The summed E-state index contributed by atoms with van der Waals surface area (Å²) >= 11 is 0. The predicted molar refractivity (Wildman–Crippen MR) is 90.0 cm³/mol. The third kappa shape index (κ3) is 3.49. The highest BCUT2D eigenvalue weighted by Gasteiger charge is 2.20. The number of nitrogens with zero attached hydrogens (tertiary/aromatic N) is 2. The van der Waals surface area contributed by atoms with E-state index in [4.69, 9.17) is 5.14 Å². The molecular formula is C17H14F3N3O2S. The summed E-state index contributed by atoms with van der Waals surface area (Å²) in [5, 5.41) is 8.83. The zero-order chi connectivity index (χ0) is 19.1. The van der Waals surface area contributed by atoms with E-state index in [1.807, 2.05) is 6.92 Å². The molecule has 9 heteroatoms. The van der Waals surface area contributed by atoms with Gasteiger partial charge in [0.25, 0.3) is 6.43 Å². The number of hydrogen-bond donors (Lipinski definition) is 1. The minimum Gasteiger partial charge on any atom is -0.233 e. The van der Waals surface area contributed by atoms with Crippen LogP contribution in [-0.2, 0) is 10.0 Å². The van der Waals surface area contributed by atoms with E-state index in [9.17, 15) is 21.6 Å². The lowest BCUT2D eigenvalue weighted by molar-refractivity contribution is 0.145. The smallest absolute Gasteiger partial charge is 0.233 e. The Bertz CT molecular complexity index is 1060. The molecule has 2 N–H and O–H groups in total. The summed E-state index contributed by atoms with van der Waals surface area (Å²) in [5.74, 6) is -1.07. The molecule has 3 aromatic rings. The standard InChI is InChI=1S/C17H14F3N3O2S/c1-10-2-5-12(6-3-10)23-15(9-14(22-23)17(19)20)11-4-7-16(13(18)8-11)26(21,24)25/h2-9,17H,1H3,(H2,21,24,25). The molecule has 0 fully saturated rings. The fraction of sp³-hybridized carbons (Fsp3) is 0.118. The van der Waals surface area contributed by atoms with Crippen LogP contribution in [0.5, 0.6) is 0 Å². The number of primary sulfonamides is 1. The van der Waals surface area contributed by atoms with Crippen LogP contribution in [0.1, 0.15) is 17.7 Å². The van der Waals surface area contributed by atoms with Crippen LogP contribution in [0.4, 0.5) is 13.2 Å². The molecule has 136 valence electrons. The van der Waals surface area contributed by atoms with Gasteiger partial charge in [0.1, 0.15) is 16.4 Å². The molecule has 0 spiro atoms. The van der Waals surface area contributed by atoms with E-state index in [0.29, 0.717) is 5.69 Å². The van der Waals surface area contributed by atoms with Crippen molar-refractivity contribution < 1.29 is 21.6 Å². The van der Waals surface area contributed by atoms with Crippen molar-refractivity contribution in [1.29, 1.82) is 0 Å². The van der Waals surface area contributed by atoms with Gasteiger partial charge in [0, 0.05) is 5.56 Å². The molecule has 1 aromatic heterocycles. The first-order chi connectivity index (χ1) is 12.2. The van der Waals surface area contributed by atoms with Crippen molar-refractivity contribution >= 4 is 10.0 Å². The largest absolute Gasteiger partial charge is 0.282 e. The Kier molecular flexibility index (Phi) is 4.59. The van der Waals surface area contributed by atoms with Crippen LogP contribution < -0.4 is 5.14 Å². The van der Waals surface area contributed by atoms with Gasteiger partial charge in [0.2, 0.25) is 10.0 Å². The molecule has 0 radical (unpaired) electrons. The van der Waals surface area contributed by atoms with Gasteiger partial charge < -0.3 is 0 Å². The molecule has 3 rings (SSSR count). The number of rotatable bonds is 4. The number of nitrogens with two attached hydrogens (primary N) is 1. The molecule has 0 aliphatic rings. The quantitative estimate of drug-likeness (QED) is 0.750. The van der Waals surface area contributed by atoms with Crippen molar-refractivity contribution in [1.82, 2.24) is 9.78 Å². The molecule has 1 heterocycles. The van der Waals surface area contributed by atoms with Crippen molar-refractivity contribution in [2.45, 2.75) is 18.2 Å². The molecule has 0 unspecified atom stereocenters. The van der Waals surface area contributed by atoms with Gasteiger partial charge in [-0.15, -0.1) is 0 Å². The molecule has 0 aliphatic carbocycles. The van der Waals surface area contributed by atoms with E-state index in [1.54, 1.807) is 24.3 Å². The van der Waals surface area contributed by atoms with Gasteiger partial charge in [-0.25, -0.2) is 31.4 Å². The van der Waals surface area contributed by atoms with E-state index < -0.39 is 32.9 Å². The lowest BCUT2D eigenvalue weighted by atomic mass is 10.1. The minimum absolute atomic E-state index is 0.190. The summed E-state index contributed by atoms with van der Waals surface area (Å²) in [4.78, 5) is -0.670. The van der Waals surface area contributed by atoms with E-state index in [-0.39, 0.29) is 11.3 Å². The Labute approximate surface area is 147 Å². The van der Waals surface area contributed by atoms with Crippen LogP contribution in [0.2, 0.25) is 0 Å². The van der Waals surface area contributed by atoms with E-state index >= 15 is 0 Å². The third-order valence-corrected chi connectivity index (χ3v) is 4.71. The van der Waals surface area contributed by atoms with E-state index in [1.165, 1.54) is 10.7 Å². The molecule has 0 saturated heterocycles. The highest BCUT2D eigenvalue weighted by molar-refractivity contribution is 7.89. The number of aryl methyl sites for hydroxylation is 1. The summed E-state index contributed by atoms with van der Waals surface area (Å²) < 4.78 is 64.3. The van der Waals surface area contributed by atoms with Crippen LogP contribution in [0, 0.1) is 12.7 Å². The van der Waals surface area contributed by atoms with Crippen LogP contribution >= 0.6 is 0 Å². The van der Waals surface area contributed by atoms with Crippen molar-refractivity contribution in [3.63, 3.8) is 0 Å². The molecular weight excluding hydrogens is 367 g/mol. The van der Waals surface area contributed by atoms with E-state index in [2.05, 4.69) is 5.10 Å². The molecule has 5 nitrogen and oxygen atoms in total. The Hall–Kier alpha value is -2.65. The second-order valence-electron chi connectivity index (χ2n) is 5.69. The topological polar surface area (TPSA) is 78.0 Å². The SMILES string of the molecule is Cc1ccc(-n2nc(C(F)F)cc2-c2ccc(S(N)(=O)=O)c(F)c2)cc1. The number of sulfonamides is 1. The summed E-state index contributed by atoms with van der Waals surface area (Å²) in [7, 11) is -4.23. The Morgan fingerprint density at radius 2 is 1.73 bits per heavy atom. The lowest BCUT2D eigenvalue weighted by Gasteiger charge is -2.09. The number of hydrogen-bond acceptors (Lipinski definition) is 3. The number of halogens is 3. The molecule has 0 amide bonds. The first-order valence-electron chi connectivity index (χ1n) is 7.44. The van der Waals surface area contributed by atoms with Crippen molar-refractivity contribution in [2.24, 2.45) is 5.14 Å². The molecule has 0 aliphatic heterocycles. The fourth-order valence-corrected chi connectivity index (χ4v) is 3.07. The monoisotopic (exact) mass is 381 g/mol. The fourth-order valence-electron chi connectivity index (χ4n) is 2.49. The van der Waals surface area contributed by atoms with Crippen LogP contribution in [0.15, 0.2) is 53.4 Å². The maximum Gasteiger partial charge on any atom is 0.282 e.